The molecule has 0 saturated carbocycles. The van der Waals surface area contributed by atoms with Crippen molar-refractivity contribution in [3.63, 3.8) is 0 Å². The molecule has 0 aliphatic carbocycles. The van der Waals surface area contributed by atoms with Gasteiger partial charge in [0.1, 0.15) is 11.6 Å². The molecule has 2 bridgehead atoms. The number of amides is 1. The van der Waals surface area contributed by atoms with Gasteiger partial charge in [-0.1, -0.05) is 18.2 Å². The van der Waals surface area contributed by atoms with Gasteiger partial charge in [-0.2, -0.15) is 18.3 Å². The lowest BCUT2D eigenvalue weighted by Crippen LogP contribution is -2.36. The van der Waals surface area contributed by atoms with Crippen molar-refractivity contribution in [3.05, 3.63) is 71.6 Å². The lowest BCUT2D eigenvalue weighted by molar-refractivity contribution is -0.141. The van der Waals surface area contributed by atoms with Gasteiger partial charge in [-0.3, -0.25) is 9.48 Å². The van der Waals surface area contributed by atoms with Crippen LogP contribution in [0, 0.1) is 17.6 Å². The lowest BCUT2D eigenvalue weighted by Gasteiger charge is -2.27. The fourth-order valence-electron chi connectivity index (χ4n) is 5.04. The normalized spacial score (nSPS) is 23.9. The highest BCUT2D eigenvalue weighted by molar-refractivity contribution is 5.94. The Morgan fingerprint density at radius 3 is 2.41 bits per heavy atom. The average molecular weight is 477 g/mol. The molecule has 0 spiro atoms. The number of aryl methyl sites for hydroxylation is 1. The molecule has 3 aromatic rings. The molecule has 5 rings (SSSR count). The number of alkyl halides is 3. The fourth-order valence-corrected chi connectivity index (χ4v) is 5.04. The van der Waals surface area contributed by atoms with Gasteiger partial charge in [-0.25, -0.2) is 8.78 Å². The first-order valence-corrected chi connectivity index (χ1v) is 10.8. The molecule has 2 aliphatic rings. The zero-order valence-corrected chi connectivity index (χ0v) is 17.9. The molecule has 178 valence electrons. The fraction of sp³-hybridized carbons (Fsp3) is 0.333. The topological polar surface area (TPSA) is 56.2 Å². The largest absolute Gasteiger partial charge is 0.435 e. The highest BCUT2D eigenvalue weighted by atomic mass is 19.4. The summed E-state index contributed by atoms with van der Waals surface area (Å²) in [6.07, 6.45) is -4.25. The number of nitrogens with one attached hydrogen (secondary N) is 1. The third kappa shape index (κ3) is 3.85. The Hall–Kier alpha value is -3.27. The van der Waals surface area contributed by atoms with Crippen LogP contribution in [0.1, 0.15) is 30.1 Å². The van der Waals surface area contributed by atoms with Crippen molar-refractivity contribution in [3.8, 4) is 11.1 Å². The molecule has 1 N–H and O–H groups in total. The number of anilines is 1. The Labute approximate surface area is 191 Å². The number of nitrogens with zero attached hydrogens (tertiary/aromatic N) is 2. The van der Waals surface area contributed by atoms with Crippen LogP contribution in [0.15, 0.2) is 48.5 Å². The van der Waals surface area contributed by atoms with Crippen LogP contribution in [0.3, 0.4) is 0 Å². The van der Waals surface area contributed by atoms with Crippen LogP contribution >= 0.6 is 0 Å². The second-order valence-corrected chi connectivity index (χ2v) is 8.58. The molecule has 0 radical (unpaired) electrons. The van der Waals surface area contributed by atoms with Crippen molar-refractivity contribution >= 4 is 11.6 Å². The smallest absolute Gasteiger partial charge is 0.373 e. The number of carbonyl (C=O) groups is 1. The monoisotopic (exact) mass is 477 g/mol. The molecular formula is C24H20F5N3O2. The van der Waals surface area contributed by atoms with Crippen LogP contribution in [0.5, 0.6) is 0 Å². The lowest BCUT2D eigenvalue weighted by atomic mass is 9.76. The second kappa shape index (κ2) is 8.19. The minimum absolute atomic E-state index is 0.0480. The van der Waals surface area contributed by atoms with Crippen LogP contribution in [-0.4, -0.2) is 27.9 Å². The van der Waals surface area contributed by atoms with E-state index in [9.17, 15) is 26.7 Å². The van der Waals surface area contributed by atoms with E-state index >= 15 is 0 Å². The van der Waals surface area contributed by atoms with E-state index in [0.29, 0.717) is 12.8 Å². The summed E-state index contributed by atoms with van der Waals surface area (Å²) in [7, 11) is 1.41. The molecule has 0 unspecified atom stereocenters. The van der Waals surface area contributed by atoms with E-state index in [4.69, 9.17) is 4.74 Å². The van der Waals surface area contributed by atoms with Crippen molar-refractivity contribution in [1.29, 1.82) is 0 Å². The van der Waals surface area contributed by atoms with E-state index in [1.807, 2.05) is 0 Å². The Balaban J connectivity index is 1.40. The van der Waals surface area contributed by atoms with Crippen LogP contribution < -0.4 is 5.32 Å². The minimum Gasteiger partial charge on any atom is -0.373 e. The van der Waals surface area contributed by atoms with E-state index in [1.165, 1.54) is 37.4 Å². The average Bonchev–Trinajstić information content (AvgIpc) is 3.48. The molecule has 2 fully saturated rings. The standard InChI is InChI=1S/C24H20F5N3O2/c1-32-17(11-20(31-32)24(27,28)29)21-18-8-9-19(34-18)22(21)23(33)30-12-6-7-14(16(26)10-12)13-4-2-3-5-15(13)25/h2-7,10-11,18-19,21-22H,8-9H2,1H3,(H,30,33)/t18-,19+,21+,22-/m0/s1. The number of halogens is 5. The highest BCUT2D eigenvalue weighted by Gasteiger charge is 2.54. The van der Waals surface area contributed by atoms with Crippen molar-refractivity contribution in [2.45, 2.75) is 37.1 Å². The van der Waals surface area contributed by atoms with Crippen molar-refractivity contribution in [2.24, 2.45) is 13.0 Å². The Morgan fingerprint density at radius 1 is 1.03 bits per heavy atom. The number of hydrogen-bond acceptors (Lipinski definition) is 3. The minimum atomic E-state index is -4.61. The van der Waals surface area contributed by atoms with Gasteiger partial charge in [0, 0.05) is 35.5 Å². The maximum absolute atomic E-state index is 14.7. The molecule has 34 heavy (non-hydrogen) atoms. The number of hydrogen-bond donors (Lipinski definition) is 1. The molecule has 2 aliphatic heterocycles. The number of ether oxygens (including phenoxy) is 1. The Morgan fingerprint density at radius 2 is 1.74 bits per heavy atom. The van der Waals surface area contributed by atoms with E-state index < -0.39 is 53.5 Å². The van der Waals surface area contributed by atoms with E-state index in [0.717, 1.165) is 16.8 Å². The summed E-state index contributed by atoms with van der Waals surface area (Å²) in [6, 6.07) is 10.6. The number of carbonyl (C=O) groups excluding carboxylic acids is 1. The molecule has 2 saturated heterocycles. The summed E-state index contributed by atoms with van der Waals surface area (Å²) in [5.41, 5.74) is -0.466. The zero-order valence-electron chi connectivity index (χ0n) is 17.9. The van der Waals surface area contributed by atoms with Gasteiger partial charge in [0.05, 0.1) is 18.1 Å². The van der Waals surface area contributed by atoms with Gasteiger partial charge >= 0.3 is 6.18 Å². The van der Waals surface area contributed by atoms with Gasteiger partial charge in [0.2, 0.25) is 5.91 Å². The Bertz CT molecular complexity index is 1260. The first kappa shape index (κ1) is 22.5. The van der Waals surface area contributed by atoms with Gasteiger partial charge in [0.15, 0.2) is 5.69 Å². The summed E-state index contributed by atoms with van der Waals surface area (Å²) in [5, 5.41) is 6.22. The maximum Gasteiger partial charge on any atom is 0.435 e. The molecule has 1 amide bonds. The quantitative estimate of drug-likeness (QED) is 0.520. The van der Waals surface area contributed by atoms with Crippen molar-refractivity contribution < 1.29 is 31.5 Å². The summed E-state index contributed by atoms with van der Waals surface area (Å²) in [6.45, 7) is 0. The van der Waals surface area contributed by atoms with Gasteiger partial charge < -0.3 is 10.1 Å². The van der Waals surface area contributed by atoms with Crippen molar-refractivity contribution in [2.75, 3.05) is 5.32 Å². The van der Waals surface area contributed by atoms with Crippen molar-refractivity contribution in [1.82, 2.24) is 9.78 Å². The second-order valence-electron chi connectivity index (χ2n) is 8.58. The molecule has 10 heteroatoms. The molecule has 3 heterocycles. The van der Waals surface area contributed by atoms with Gasteiger partial charge in [0.25, 0.3) is 0 Å². The van der Waals surface area contributed by atoms with Gasteiger partial charge in [-0.05, 0) is 43.2 Å². The predicted molar refractivity (Wildman–Crippen MR) is 113 cm³/mol. The number of fused-ring (bicyclic) bond motifs is 2. The van der Waals surface area contributed by atoms with Gasteiger partial charge in [-0.15, -0.1) is 0 Å². The SMILES string of the molecule is Cn1nc(C(F)(F)F)cc1[C@H]1[C@@H](C(=O)Nc2ccc(-c3ccccc3F)c(F)c2)[C@H]2CC[C@@H]1O2. The van der Waals surface area contributed by atoms with E-state index in [2.05, 4.69) is 10.4 Å². The van der Waals surface area contributed by atoms with Crippen LogP contribution in [0.4, 0.5) is 27.6 Å². The van der Waals surface area contributed by atoms with Crippen LogP contribution in [0.25, 0.3) is 11.1 Å². The predicted octanol–water partition coefficient (Wildman–Crippen LogP) is 5.28. The third-order valence-corrected chi connectivity index (χ3v) is 6.52. The first-order chi connectivity index (χ1) is 16.1. The number of aromatic nitrogens is 2. The summed E-state index contributed by atoms with van der Waals surface area (Å²) >= 11 is 0. The number of rotatable bonds is 4. The number of benzene rings is 2. The highest BCUT2D eigenvalue weighted by Crippen LogP contribution is 2.49. The van der Waals surface area contributed by atoms with E-state index in [-0.39, 0.29) is 22.5 Å². The Kier molecular flexibility index (Phi) is 5.43. The van der Waals surface area contributed by atoms with Crippen LogP contribution in [-0.2, 0) is 22.8 Å². The molecule has 2 aromatic carbocycles. The zero-order chi connectivity index (χ0) is 24.2. The van der Waals surface area contributed by atoms with Crippen LogP contribution in [0.2, 0.25) is 0 Å². The summed E-state index contributed by atoms with van der Waals surface area (Å²) in [5.74, 6) is -3.15. The maximum atomic E-state index is 14.7. The molecule has 5 nitrogen and oxygen atoms in total. The summed E-state index contributed by atoms with van der Waals surface area (Å²) < 4.78 is 75.3. The molecule has 4 atom stereocenters. The first-order valence-electron chi connectivity index (χ1n) is 10.8. The molecule has 1 aromatic heterocycles. The molecular weight excluding hydrogens is 457 g/mol. The van der Waals surface area contributed by atoms with E-state index in [1.54, 1.807) is 6.07 Å². The third-order valence-electron chi connectivity index (χ3n) is 6.52. The summed E-state index contributed by atoms with van der Waals surface area (Å²) in [4.78, 5) is 13.2.